The lowest BCUT2D eigenvalue weighted by Crippen LogP contribution is -2.41. The van der Waals surface area contributed by atoms with Crippen molar-refractivity contribution in [3.63, 3.8) is 0 Å². The normalized spacial score (nSPS) is 14.4. The molecule has 20 heavy (non-hydrogen) atoms. The van der Waals surface area contributed by atoms with Gasteiger partial charge in [-0.3, -0.25) is 4.79 Å². The number of carbonyl (C=O) groups excluding carboxylic acids is 1. The van der Waals surface area contributed by atoms with E-state index in [0.717, 1.165) is 12.0 Å². The molecule has 1 aromatic rings. The van der Waals surface area contributed by atoms with Crippen LogP contribution in [0.4, 0.5) is 0 Å². The van der Waals surface area contributed by atoms with E-state index in [1.54, 1.807) is 6.92 Å². The van der Waals surface area contributed by atoms with Gasteiger partial charge < -0.3 is 11.1 Å². The van der Waals surface area contributed by atoms with E-state index in [1.807, 2.05) is 0 Å². The Balaban J connectivity index is 2.84. The van der Waals surface area contributed by atoms with Crippen molar-refractivity contribution in [2.45, 2.75) is 53.1 Å². The molecule has 2 atom stereocenters. The predicted molar refractivity (Wildman–Crippen MR) is 84.4 cm³/mol. The van der Waals surface area contributed by atoms with Gasteiger partial charge in [-0.05, 0) is 36.3 Å². The second kappa shape index (κ2) is 7.44. The molecule has 0 aliphatic heterocycles. The first kappa shape index (κ1) is 16.7. The highest BCUT2D eigenvalue weighted by molar-refractivity contribution is 5.81. The topological polar surface area (TPSA) is 55.1 Å². The summed E-state index contributed by atoms with van der Waals surface area (Å²) >= 11 is 0. The van der Waals surface area contributed by atoms with Crippen molar-refractivity contribution in [1.29, 1.82) is 0 Å². The maximum absolute atomic E-state index is 11.8. The van der Waals surface area contributed by atoms with Gasteiger partial charge in [-0.1, -0.05) is 52.0 Å². The second-order valence-electron chi connectivity index (χ2n) is 6.36. The second-order valence-corrected chi connectivity index (χ2v) is 6.36. The van der Waals surface area contributed by atoms with E-state index in [2.05, 4.69) is 57.3 Å². The third-order valence-electron chi connectivity index (χ3n) is 3.36. The van der Waals surface area contributed by atoms with Crippen LogP contribution >= 0.6 is 0 Å². The Morgan fingerprint density at radius 1 is 1.10 bits per heavy atom. The third-order valence-corrected chi connectivity index (χ3v) is 3.36. The number of hydrogen-bond donors (Lipinski definition) is 2. The largest absolute Gasteiger partial charge is 0.348 e. The number of rotatable bonds is 6. The van der Waals surface area contributed by atoms with Crippen LogP contribution in [0.1, 0.15) is 51.8 Å². The average Bonchev–Trinajstić information content (AvgIpc) is 2.35. The molecule has 0 spiro atoms. The van der Waals surface area contributed by atoms with Gasteiger partial charge >= 0.3 is 0 Å². The molecular formula is C17H28N2O. The van der Waals surface area contributed by atoms with Gasteiger partial charge in [0.05, 0.1) is 12.1 Å². The highest BCUT2D eigenvalue weighted by Gasteiger charge is 2.19. The minimum Gasteiger partial charge on any atom is -0.348 e. The fourth-order valence-electron chi connectivity index (χ4n) is 2.25. The van der Waals surface area contributed by atoms with Crippen molar-refractivity contribution in [1.82, 2.24) is 5.32 Å². The van der Waals surface area contributed by atoms with E-state index >= 15 is 0 Å². The van der Waals surface area contributed by atoms with Gasteiger partial charge in [-0.15, -0.1) is 0 Å². The fraction of sp³-hybridized carbons (Fsp3) is 0.588. The maximum Gasteiger partial charge on any atom is 0.237 e. The molecule has 3 nitrogen and oxygen atoms in total. The summed E-state index contributed by atoms with van der Waals surface area (Å²) in [5.74, 6) is 0.878. The number of carbonyl (C=O) groups is 1. The van der Waals surface area contributed by atoms with Crippen LogP contribution in [0.2, 0.25) is 0 Å². The van der Waals surface area contributed by atoms with E-state index in [0.29, 0.717) is 11.8 Å². The minimum absolute atomic E-state index is 0.0154. The molecule has 1 rings (SSSR count). The molecule has 3 heteroatoms. The van der Waals surface area contributed by atoms with E-state index in [4.69, 9.17) is 5.73 Å². The molecule has 112 valence electrons. The zero-order valence-electron chi connectivity index (χ0n) is 13.3. The Morgan fingerprint density at radius 3 is 2.05 bits per heavy atom. The molecule has 1 aromatic carbocycles. The molecule has 0 radical (unpaired) electrons. The van der Waals surface area contributed by atoms with Crippen molar-refractivity contribution in [2.24, 2.45) is 17.6 Å². The van der Waals surface area contributed by atoms with E-state index in [9.17, 15) is 4.79 Å². The Hall–Kier alpha value is -1.35. The standard InChI is InChI=1S/C17H28N2O/c1-11(2)10-14-6-8-15(9-7-14)16(12(3)4)19-17(20)13(5)18/h6-9,11-13,16H,10,18H2,1-5H3,(H,19,20)/t13-,16?/m0/s1. The summed E-state index contributed by atoms with van der Waals surface area (Å²) in [5, 5.41) is 3.03. The molecule has 0 saturated heterocycles. The lowest BCUT2D eigenvalue weighted by atomic mass is 9.93. The molecule has 0 fully saturated rings. The number of hydrogen-bond acceptors (Lipinski definition) is 2. The van der Waals surface area contributed by atoms with Crippen LogP contribution in [-0.4, -0.2) is 11.9 Å². The maximum atomic E-state index is 11.8. The van der Waals surface area contributed by atoms with Crippen LogP contribution < -0.4 is 11.1 Å². The first-order valence-corrected chi connectivity index (χ1v) is 7.46. The third kappa shape index (κ3) is 4.97. The molecule has 1 unspecified atom stereocenters. The lowest BCUT2D eigenvalue weighted by Gasteiger charge is -2.24. The summed E-state index contributed by atoms with van der Waals surface area (Å²) in [6.45, 7) is 10.3. The average molecular weight is 276 g/mol. The number of nitrogens with one attached hydrogen (secondary N) is 1. The van der Waals surface area contributed by atoms with Crippen LogP contribution in [0.15, 0.2) is 24.3 Å². The molecule has 0 aliphatic rings. The number of benzene rings is 1. The SMILES string of the molecule is CC(C)Cc1ccc(C(NC(=O)[C@H](C)N)C(C)C)cc1. The monoisotopic (exact) mass is 276 g/mol. The van der Waals surface area contributed by atoms with Gasteiger partial charge in [0.1, 0.15) is 0 Å². The van der Waals surface area contributed by atoms with Crippen LogP contribution in [0, 0.1) is 11.8 Å². The van der Waals surface area contributed by atoms with Crippen LogP contribution in [-0.2, 0) is 11.2 Å². The molecule has 0 aliphatic carbocycles. The van der Waals surface area contributed by atoms with Gasteiger partial charge in [0.2, 0.25) is 5.91 Å². The summed E-state index contributed by atoms with van der Waals surface area (Å²) in [5.41, 5.74) is 8.11. The first-order valence-electron chi connectivity index (χ1n) is 7.46. The van der Waals surface area contributed by atoms with Crippen molar-refractivity contribution < 1.29 is 4.79 Å². The van der Waals surface area contributed by atoms with Crippen LogP contribution in [0.25, 0.3) is 0 Å². The van der Waals surface area contributed by atoms with Crippen LogP contribution in [0.5, 0.6) is 0 Å². The zero-order chi connectivity index (χ0) is 15.3. The minimum atomic E-state index is -0.475. The van der Waals surface area contributed by atoms with Crippen molar-refractivity contribution >= 4 is 5.91 Å². The van der Waals surface area contributed by atoms with E-state index in [1.165, 1.54) is 5.56 Å². The predicted octanol–water partition coefficient (Wildman–Crippen LogP) is 3.05. The quantitative estimate of drug-likeness (QED) is 0.839. The van der Waals surface area contributed by atoms with E-state index in [-0.39, 0.29) is 11.9 Å². The molecule has 3 N–H and O–H groups in total. The Morgan fingerprint density at radius 2 is 1.65 bits per heavy atom. The van der Waals surface area contributed by atoms with E-state index < -0.39 is 6.04 Å². The van der Waals surface area contributed by atoms with Gasteiger partial charge in [-0.2, -0.15) is 0 Å². The van der Waals surface area contributed by atoms with Crippen molar-refractivity contribution in [2.75, 3.05) is 0 Å². The highest BCUT2D eigenvalue weighted by Crippen LogP contribution is 2.22. The molecular weight excluding hydrogens is 248 g/mol. The summed E-state index contributed by atoms with van der Waals surface area (Å²) in [6.07, 6.45) is 1.08. The molecule has 0 heterocycles. The van der Waals surface area contributed by atoms with Crippen molar-refractivity contribution in [3.8, 4) is 0 Å². The van der Waals surface area contributed by atoms with Gasteiger partial charge in [0.15, 0.2) is 0 Å². The zero-order valence-corrected chi connectivity index (χ0v) is 13.3. The van der Waals surface area contributed by atoms with Gasteiger partial charge in [0.25, 0.3) is 0 Å². The summed E-state index contributed by atoms with van der Waals surface area (Å²) in [4.78, 5) is 11.8. The summed E-state index contributed by atoms with van der Waals surface area (Å²) in [7, 11) is 0. The summed E-state index contributed by atoms with van der Waals surface area (Å²) < 4.78 is 0. The highest BCUT2D eigenvalue weighted by atomic mass is 16.2. The molecule has 0 saturated carbocycles. The summed E-state index contributed by atoms with van der Waals surface area (Å²) in [6, 6.07) is 8.08. The van der Waals surface area contributed by atoms with Crippen LogP contribution in [0.3, 0.4) is 0 Å². The molecule has 0 bridgehead atoms. The lowest BCUT2D eigenvalue weighted by molar-refractivity contribution is -0.123. The van der Waals surface area contributed by atoms with Gasteiger partial charge in [-0.25, -0.2) is 0 Å². The smallest absolute Gasteiger partial charge is 0.237 e. The number of nitrogens with two attached hydrogens (primary N) is 1. The Labute approximate surface area is 122 Å². The fourth-order valence-corrected chi connectivity index (χ4v) is 2.25. The van der Waals surface area contributed by atoms with Crippen molar-refractivity contribution in [3.05, 3.63) is 35.4 Å². The Bertz CT molecular complexity index is 421. The first-order chi connectivity index (χ1) is 9.31. The molecule has 0 aromatic heterocycles. The molecule has 1 amide bonds. The number of amides is 1. The van der Waals surface area contributed by atoms with Gasteiger partial charge in [0, 0.05) is 0 Å². The Kier molecular flexibility index (Phi) is 6.21.